The molecule has 1 heterocycles. The molecule has 0 aliphatic heterocycles. The minimum absolute atomic E-state index is 0.0176. The molecule has 0 aliphatic carbocycles. The molecule has 0 spiro atoms. The van der Waals surface area contributed by atoms with Gasteiger partial charge in [-0.25, -0.2) is 4.79 Å². The number of aromatic nitrogens is 1. The third-order valence-electron chi connectivity index (χ3n) is 2.07. The minimum atomic E-state index is -1.09. The van der Waals surface area contributed by atoms with Gasteiger partial charge in [0.25, 0.3) is 5.91 Å². The minimum Gasteiger partial charge on any atom is -0.479 e. The Kier molecular flexibility index (Phi) is 4.65. The van der Waals surface area contributed by atoms with Crippen LogP contribution in [0.5, 0.6) is 5.75 Å². The predicted octanol–water partition coefficient (Wildman–Crippen LogP) is 1.07. The fourth-order valence-electron chi connectivity index (χ4n) is 1.26. The van der Waals surface area contributed by atoms with E-state index in [0.29, 0.717) is 0 Å². The SMILES string of the molecule is CC(C)NC(=O)C(C)Oc1cncc(C(=O)O)c1. The lowest BCUT2D eigenvalue weighted by atomic mass is 10.3. The standard InChI is InChI=1S/C12H16N2O4/c1-7(2)14-11(15)8(3)18-10-4-9(12(16)17)5-13-6-10/h4-8H,1-3H3,(H,14,15)(H,16,17). The number of hydrogen-bond donors (Lipinski definition) is 2. The molecule has 1 atom stereocenters. The smallest absolute Gasteiger partial charge is 0.337 e. The van der Waals surface area contributed by atoms with E-state index in [4.69, 9.17) is 9.84 Å². The van der Waals surface area contributed by atoms with E-state index in [1.807, 2.05) is 13.8 Å². The normalized spacial score (nSPS) is 12.0. The van der Waals surface area contributed by atoms with E-state index in [9.17, 15) is 9.59 Å². The predicted molar refractivity (Wildman–Crippen MR) is 64.6 cm³/mol. The molecule has 18 heavy (non-hydrogen) atoms. The lowest BCUT2D eigenvalue weighted by Crippen LogP contribution is -2.40. The van der Waals surface area contributed by atoms with Crippen LogP contribution >= 0.6 is 0 Å². The Hall–Kier alpha value is -2.11. The van der Waals surface area contributed by atoms with Crippen LogP contribution in [0.4, 0.5) is 0 Å². The zero-order valence-electron chi connectivity index (χ0n) is 10.5. The van der Waals surface area contributed by atoms with Crippen molar-refractivity contribution >= 4 is 11.9 Å². The van der Waals surface area contributed by atoms with Crippen molar-refractivity contribution in [3.63, 3.8) is 0 Å². The number of ether oxygens (including phenoxy) is 1. The first kappa shape index (κ1) is 14.0. The van der Waals surface area contributed by atoms with Crippen LogP contribution in [-0.2, 0) is 4.79 Å². The molecule has 1 unspecified atom stereocenters. The van der Waals surface area contributed by atoms with Gasteiger partial charge in [-0.15, -0.1) is 0 Å². The second kappa shape index (κ2) is 6.00. The number of carbonyl (C=O) groups excluding carboxylic acids is 1. The highest BCUT2D eigenvalue weighted by molar-refractivity contribution is 5.87. The largest absolute Gasteiger partial charge is 0.479 e. The van der Waals surface area contributed by atoms with Crippen LogP contribution in [0.1, 0.15) is 31.1 Å². The fraction of sp³-hybridized carbons (Fsp3) is 0.417. The summed E-state index contributed by atoms with van der Waals surface area (Å²) < 4.78 is 5.33. The second-order valence-corrected chi connectivity index (χ2v) is 4.14. The fourth-order valence-corrected chi connectivity index (χ4v) is 1.26. The Labute approximate surface area is 105 Å². The number of pyridine rings is 1. The van der Waals surface area contributed by atoms with Crippen LogP contribution in [0.3, 0.4) is 0 Å². The maximum atomic E-state index is 11.6. The molecule has 6 nitrogen and oxygen atoms in total. The Bertz CT molecular complexity index is 445. The van der Waals surface area contributed by atoms with Gasteiger partial charge in [0.1, 0.15) is 5.75 Å². The first-order valence-corrected chi connectivity index (χ1v) is 5.55. The number of hydrogen-bond acceptors (Lipinski definition) is 4. The van der Waals surface area contributed by atoms with E-state index >= 15 is 0 Å². The molecule has 0 bridgehead atoms. The summed E-state index contributed by atoms with van der Waals surface area (Å²) in [5, 5.41) is 11.5. The number of amides is 1. The highest BCUT2D eigenvalue weighted by atomic mass is 16.5. The number of nitrogens with one attached hydrogen (secondary N) is 1. The van der Waals surface area contributed by atoms with Crippen molar-refractivity contribution in [3.8, 4) is 5.75 Å². The maximum Gasteiger partial charge on any atom is 0.337 e. The highest BCUT2D eigenvalue weighted by Crippen LogP contribution is 2.13. The van der Waals surface area contributed by atoms with Crippen molar-refractivity contribution in [1.29, 1.82) is 0 Å². The Balaban J connectivity index is 2.69. The molecule has 1 rings (SSSR count). The van der Waals surface area contributed by atoms with Crippen molar-refractivity contribution in [2.24, 2.45) is 0 Å². The summed E-state index contributed by atoms with van der Waals surface area (Å²) >= 11 is 0. The van der Waals surface area contributed by atoms with E-state index in [-0.39, 0.29) is 23.3 Å². The van der Waals surface area contributed by atoms with Crippen LogP contribution in [0.2, 0.25) is 0 Å². The van der Waals surface area contributed by atoms with Crippen LogP contribution in [-0.4, -0.2) is 34.1 Å². The Morgan fingerprint density at radius 1 is 1.33 bits per heavy atom. The lowest BCUT2D eigenvalue weighted by molar-refractivity contribution is -0.127. The van der Waals surface area contributed by atoms with E-state index in [0.717, 1.165) is 0 Å². The van der Waals surface area contributed by atoms with Crippen molar-refractivity contribution in [2.45, 2.75) is 32.9 Å². The van der Waals surface area contributed by atoms with Crippen molar-refractivity contribution < 1.29 is 19.4 Å². The number of nitrogens with zero attached hydrogens (tertiary/aromatic N) is 1. The lowest BCUT2D eigenvalue weighted by Gasteiger charge is -2.16. The van der Waals surface area contributed by atoms with Gasteiger partial charge in [-0.3, -0.25) is 9.78 Å². The molecule has 0 radical (unpaired) electrons. The summed E-state index contributed by atoms with van der Waals surface area (Å²) in [4.78, 5) is 26.1. The Morgan fingerprint density at radius 2 is 2.00 bits per heavy atom. The highest BCUT2D eigenvalue weighted by Gasteiger charge is 2.16. The average molecular weight is 252 g/mol. The number of carboxylic acid groups (broad SMARTS) is 1. The molecule has 2 N–H and O–H groups in total. The topological polar surface area (TPSA) is 88.5 Å². The first-order chi connectivity index (χ1) is 8.40. The summed E-state index contributed by atoms with van der Waals surface area (Å²) in [6.45, 7) is 5.28. The molecular formula is C12H16N2O4. The zero-order chi connectivity index (χ0) is 13.7. The summed E-state index contributed by atoms with van der Waals surface area (Å²) in [6, 6.07) is 1.35. The van der Waals surface area contributed by atoms with Crippen molar-refractivity contribution in [1.82, 2.24) is 10.3 Å². The average Bonchev–Trinajstić information content (AvgIpc) is 2.28. The molecule has 0 saturated heterocycles. The molecule has 1 aromatic heterocycles. The van der Waals surface area contributed by atoms with Crippen molar-refractivity contribution in [3.05, 3.63) is 24.0 Å². The third-order valence-corrected chi connectivity index (χ3v) is 2.07. The summed E-state index contributed by atoms with van der Waals surface area (Å²) in [7, 11) is 0. The number of carbonyl (C=O) groups is 2. The number of carboxylic acids is 1. The molecule has 6 heteroatoms. The van der Waals surface area contributed by atoms with E-state index in [1.54, 1.807) is 6.92 Å². The molecular weight excluding hydrogens is 236 g/mol. The van der Waals surface area contributed by atoms with Gasteiger partial charge < -0.3 is 15.2 Å². The van der Waals surface area contributed by atoms with E-state index in [2.05, 4.69) is 10.3 Å². The third kappa shape index (κ3) is 4.04. The maximum absolute atomic E-state index is 11.6. The number of rotatable bonds is 5. The van der Waals surface area contributed by atoms with Gasteiger partial charge in [0.2, 0.25) is 0 Å². The number of aromatic carboxylic acids is 1. The second-order valence-electron chi connectivity index (χ2n) is 4.14. The van der Waals surface area contributed by atoms with Crippen LogP contribution < -0.4 is 10.1 Å². The molecule has 1 amide bonds. The van der Waals surface area contributed by atoms with Gasteiger partial charge in [0.15, 0.2) is 6.10 Å². The van der Waals surface area contributed by atoms with Gasteiger partial charge in [-0.1, -0.05) is 0 Å². The van der Waals surface area contributed by atoms with Gasteiger partial charge in [-0.05, 0) is 26.8 Å². The molecule has 98 valence electrons. The van der Waals surface area contributed by atoms with Crippen LogP contribution in [0.15, 0.2) is 18.5 Å². The summed E-state index contributed by atoms with van der Waals surface area (Å²) in [6.07, 6.45) is 1.87. The van der Waals surface area contributed by atoms with Crippen LogP contribution in [0.25, 0.3) is 0 Å². The zero-order valence-corrected chi connectivity index (χ0v) is 10.5. The Morgan fingerprint density at radius 3 is 2.56 bits per heavy atom. The van der Waals surface area contributed by atoms with E-state index in [1.165, 1.54) is 18.5 Å². The molecule has 0 aliphatic rings. The van der Waals surface area contributed by atoms with Gasteiger partial charge in [0, 0.05) is 12.2 Å². The monoisotopic (exact) mass is 252 g/mol. The summed E-state index contributed by atoms with van der Waals surface area (Å²) in [5.74, 6) is -1.10. The molecule has 1 aromatic rings. The molecule has 0 saturated carbocycles. The van der Waals surface area contributed by atoms with Gasteiger partial charge in [-0.2, -0.15) is 0 Å². The first-order valence-electron chi connectivity index (χ1n) is 5.55. The quantitative estimate of drug-likeness (QED) is 0.818. The van der Waals surface area contributed by atoms with Gasteiger partial charge in [0.05, 0.1) is 11.8 Å². The molecule has 0 aromatic carbocycles. The van der Waals surface area contributed by atoms with Crippen molar-refractivity contribution in [2.75, 3.05) is 0 Å². The van der Waals surface area contributed by atoms with E-state index < -0.39 is 12.1 Å². The van der Waals surface area contributed by atoms with Gasteiger partial charge >= 0.3 is 5.97 Å². The summed E-state index contributed by atoms with van der Waals surface area (Å²) in [5.41, 5.74) is 0.0176. The van der Waals surface area contributed by atoms with Crippen LogP contribution in [0, 0.1) is 0 Å². The molecule has 0 fully saturated rings.